The van der Waals surface area contributed by atoms with Crippen molar-refractivity contribution in [3.05, 3.63) is 18.3 Å². The summed E-state index contributed by atoms with van der Waals surface area (Å²) in [6.07, 6.45) is 4.29. The zero-order chi connectivity index (χ0) is 14.4. The SMILES string of the molecule is c1cnc2nc(NC3=NCC4(CN5CCC56CC46)O3)oc2c1. The summed E-state index contributed by atoms with van der Waals surface area (Å²) in [5.74, 6) is 0.641. The van der Waals surface area contributed by atoms with Gasteiger partial charge in [0.1, 0.15) is 5.60 Å². The second-order valence-electron chi connectivity index (χ2n) is 6.79. The van der Waals surface area contributed by atoms with Gasteiger partial charge in [0.15, 0.2) is 5.58 Å². The molecule has 0 aromatic carbocycles. The fraction of sp³-hybridized carbons (Fsp3) is 0.533. The maximum atomic E-state index is 6.22. The first-order valence-electron chi connectivity index (χ1n) is 7.75. The number of nitrogens with one attached hydrogen (secondary N) is 1. The molecular weight excluding hydrogens is 282 g/mol. The number of aromatic nitrogens is 2. The fourth-order valence-corrected chi connectivity index (χ4v) is 4.53. The van der Waals surface area contributed by atoms with E-state index in [4.69, 9.17) is 9.15 Å². The van der Waals surface area contributed by atoms with Crippen LogP contribution in [0.4, 0.5) is 6.01 Å². The van der Waals surface area contributed by atoms with E-state index in [1.165, 1.54) is 19.4 Å². The van der Waals surface area contributed by atoms with Gasteiger partial charge in [-0.05, 0) is 25.0 Å². The van der Waals surface area contributed by atoms with Crippen LogP contribution >= 0.6 is 0 Å². The molecule has 1 aliphatic carbocycles. The van der Waals surface area contributed by atoms with Crippen LogP contribution in [-0.4, -0.2) is 51.7 Å². The number of aliphatic imine (C=N–C) groups is 1. The van der Waals surface area contributed by atoms with Crippen molar-refractivity contribution in [3.63, 3.8) is 0 Å². The number of oxazole rings is 1. The summed E-state index contributed by atoms with van der Waals surface area (Å²) in [6.45, 7) is 2.94. The fourth-order valence-electron chi connectivity index (χ4n) is 4.53. The highest BCUT2D eigenvalue weighted by molar-refractivity contribution is 5.89. The van der Waals surface area contributed by atoms with Crippen molar-refractivity contribution < 1.29 is 9.15 Å². The first kappa shape index (κ1) is 11.4. The molecule has 1 N–H and O–H groups in total. The third-order valence-corrected chi connectivity index (χ3v) is 5.75. The molecule has 6 rings (SSSR count). The molecule has 0 amide bonds. The Kier molecular flexibility index (Phi) is 1.78. The monoisotopic (exact) mass is 297 g/mol. The summed E-state index contributed by atoms with van der Waals surface area (Å²) in [4.78, 5) is 15.6. The van der Waals surface area contributed by atoms with Crippen molar-refractivity contribution >= 4 is 23.3 Å². The van der Waals surface area contributed by atoms with Crippen molar-refractivity contribution in [1.29, 1.82) is 0 Å². The van der Waals surface area contributed by atoms with E-state index in [2.05, 4.69) is 25.2 Å². The molecule has 2 aromatic heterocycles. The minimum atomic E-state index is -0.122. The van der Waals surface area contributed by atoms with Gasteiger partial charge in [-0.3, -0.25) is 10.2 Å². The van der Waals surface area contributed by atoms with E-state index in [9.17, 15) is 0 Å². The van der Waals surface area contributed by atoms with Gasteiger partial charge in [0.2, 0.25) is 5.65 Å². The van der Waals surface area contributed by atoms with Gasteiger partial charge in [-0.15, -0.1) is 0 Å². The normalized spacial score (nSPS) is 38.4. The summed E-state index contributed by atoms with van der Waals surface area (Å²) < 4.78 is 11.8. The predicted molar refractivity (Wildman–Crippen MR) is 78.6 cm³/mol. The number of nitrogens with zero attached hydrogens (tertiary/aromatic N) is 4. The Morgan fingerprint density at radius 2 is 2.41 bits per heavy atom. The summed E-state index contributed by atoms with van der Waals surface area (Å²) >= 11 is 0. The number of hydrogen-bond acceptors (Lipinski definition) is 7. The summed E-state index contributed by atoms with van der Waals surface area (Å²) in [6, 6.07) is 4.58. The van der Waals surface area contributed by atoms with Gasteiger partial charge >= 0.3 is 6.01 Å². The highest BCUT2D eigenvalue weighted by Crippen LogP contribution is 2.67. The summed E-state index contributed by atoms with van der Waals surface area (Å²) in [7, 11) is 0. The number of anilines is 1. The van der Waals surface area contributed by atoms with Crippen LogP contribution in [0.25, 0.3) is 11.2 Å². The van der Waals surface area contributed by atoms with Gasteiger partial charge < -0.3 is 9.15 Å². The maximum absolute atomic E-state index is 6.22. The molecular formula is C15H15N5O2. The Morgan fingerprint density at radius 3 is 3.14 bits per heavy atom. The Hall–Kier alpha value is -2.15. The van der Waals surface area contributed by atoms with Crippen molar-refractivity contribution in [2.45, 2.75) is 24.0 Å². The number of piperidine rings is 1. The topological polar surface area (TPSA) is 75.8 Å². The van der Waals surface area contributed by atoms with E-state index in [1.54, 1.807) is 6.20 Å². The molecule has 3 unspecified atom stereocenters. The number of pyridine rings is 1. The van der Waals surface area contributed by atoms with Crippen LogP contribution in [0.3, 0.4) is 0 Å². The van der Waals surface area contributed by atoms with Crippen LogP contribution in [0.2, 0.25) is 0 Å². The largest absolute Gasteiger partial charge is 0.455 e. The van der Waals surface area contributed by atoms with E-state index < -0.39 is 0 Å². The molecule has 2 aromatic rings. The van der Waals surface area contributed by atoms with Gasteiger partial charge in [0.05, 0.1) is 6.54 Å². The van der Waals surface area contributed by atoms with Crippen LogP contribution in [0.1, 0.15) is 12.8 Å². The van der Waals surface area contributed by atoms with Crippen LogP contribution in [0.15, 0.2) is 27.7 Å². The molecule has 3 aliphatic heterocycles. The molecule has 2 saturated heterocycles. The van der Waals surface area contributed by atoms with Crippen molar-refractivity contribution in [2.75, 3.05) is 25.0 Å². The van der Waals surface area contributed by atoms with Crippen molar-refractivity contribution in [1.82, 2.24) is 14.9 Å². The molecule has 0 radical (unpaired) electrons. The highest BCUT2D eigenvalue weighted by atomic mass is 16.5. The van der Waals surface area contributed by atoms with E-state index in [1.807, 2.05) is 12.1 Å². The van der Waals surface area contributed by atoms with Gasteiger partial charge in [-0.1, -0.05) is 0 Å². The van der Waals surface area contributed by atoms with Crippen LogP contribution in [0.5, 0.6) is 0 Å². The average Bonchev–Trinajstić information content (AvgIpc) is 2.95. The number of fused-ring (bicyclic) bond motifs is 2. The van der Waals surface area contributed by atoms with Gasteiger partial charge in [0.25, 0.3) is 6.02 Å². The number of amidine groups is 1. The lowest BCUT2D eigenvalue weighted by atomic mass is 9.98. The third-order valence-electron chi connectivity index (χ3n) is 5.75. The highest BCUT2D eigenvalue weighted by Gasteiger charge is 2.77. The second kappa shape index (κ2) is 3.43. The minimum absolute atomic E-state index is 0.122. The smallest absolute Gasteiger partial charge is 0.305 e. The molecule has 7 nitrogen and oxygen atoms in total. The first-order chi connectivity index (χ1) is 10.8. The van der Waals surface area contributed by atoms with Gasteiger partial charge in [-0.25, -0.2) is 9.98 Å². The number of hydrogen-bond donors (Lipinski definition) is 1. The van der Waals surface area contributed by atoms with E-state index in [0.29, 0.717) is 34.7 Å². The molecule has 0 bridgehead atoms. The van der Waals surface area contributed by atoms with Gasteiger partial charge in [0, 0.05) is 30.7 Å². The Bertz CT molecular complexity index is 799. The maximum Gasteiger partial charge on any atom is 0.305 e. The zero-order valence-corrected chi connectivity index (χ0v) is 12.0. The lowest BCUT2D eigenvalue weighted by molar-refractivity contribution is 0.0433. The molecule has 5 heterocycles. The zero-order valence-electron chi connectivity index (χ0n) is 12.0. The Labute approximate surface area is 126 Å². The number of ether oxygens (including phenoxy) is 1. The predicted octanol–water partition coefficient (Wildman–Crippen LogP) is 1.24. The first-order valence-corrected chi connectivity index (χ1v) is 7.75. The Balaban J connectivity index is 1.24. The average molecular weight is 297 g/mol. The lowest BCUT2D eigenvalue weighted by Crippen LogP contribution is -2.49. The van der Waals surface area contributed by atoms with E-state index >= 15 is 0 Å². The Morgan fingerprint density at radius 1 is 1.41 bits per heavy atom. The molecule has 112 valence electrons. The lowest BCUT2D eigenvalue weighted by Gasteiger charge is -2.39. The molecule has 7 heteroatoms. The third kappa shape index (κ3) is 1.24. The molecule has 4 aliphatic rings. The van der Waals surface area contributed by atoms with E-state index in [-0.39, 0.29) is 5.60 Å². The van der Waals surface area contributed by atoms with E-state index in [0.717, 1.165) is 13.1 Å². The molecule has 2 spiro atoms. The van der Waals surface area contributed by atoms with Crippen LogP contribution < -0.4 is 5.32 Å². The standard InChI is InChI=1S/C15H15N5O2/c1-2-9-11(16-4-1)18-13(21-9)19-12-17-7-15(22-12)8-20-5-3-14(20)6-10(14)15/h1-2,4,10H,3,5-8H2,(H,16,17,18,19). The van der Waals surface area contributed by atoms with Crippen molar-refractivity contribution in [2.24, 2.45) is 10.9 Å². The van der Waals surface area contributed by atoms with Crippen molar-refractivity contribution in [3.8, 4) is 0 Å². The minimum Gasteiger partial charge on any atom is -0.455 e. The molecule has 22 heavy (non-hydrogen) atoms. The second-order valence-corrected chi connectivity index (χ2v) is 6.79. The molecule has 3 atom stereocenters. The molecule has 3 fully saturated rings. The van der Waals surface area contributed by atoms with Crippen LogP contribution in [0, 0.1) is 5.92 Å². The quantitative estimate of drug-likeness (QED) is 0.853. The summed E-state index contributed by atoms with van der Waals surface area (Å²) in [5, 5.41) is 3.06. The van der Waals surface area contributed by atoms with Crippen LogP contribution in [-0.2, 0) is 4.74 Å². The molecule has 1 saturated carbocycles. The number of rotatable bonds is 1. The summed E-state index contributed by atoms with van der Waals surface area (Å²) in [5.41, 5.74) is 1.59. The van der Waals surface area contributed by atoms with Gasteiger partial charge in [-0.2, -0.15) is 4.98 Å².